The predicted molar refractivity (Wildman–Crippen MR) is 38.9 cm³/mol. The smallest absolute Gasteiger partial charge is 0.542 e. The number of halogens is 9. The SMILES string of the molecule is O=C([O-])C(F)(F)F.O=C([O-])C(F)(F)F.O=C([O-])C(F)(F)F.[Al+3]. The van der Waals surface area contributed by atoms with Gasteiger partial charge in [-0.05, 0) is 0 Å². The molecule has 0 saturated carbocycles. The van der Waals surface area contributed by atoms with Gasteiger partial charge in [0.1, 0.15) is 17.9 Å². The molecule has 0 N–H and O–H groups in total. The molecule has 16 heteroatoms. The van der Waals surface area contributed by atoms with Gasteiger partial charge in [-0.1, -0.05) is 0 Å². The Kier molecular flexibility index (Phi) is 13.1. The van der Waals surface area contributed by atoms with Crippen LogP contribution in [-0.2, 0) is 14.4 Å². The third kappa shape index (κ3) is 20.6. The molecule has 0 aliphatic rings. The average Bonchev–Trinajstić information content (AvgIpc) is 2.14. The van der Waals surface area contributed by atoms with Crippen LogP contribution in [-0.4, -0.2) is 53.8 Å². The van der Waals surface area contributed by atoms with E-state index >= 15 is 0 Å². The molecular weight excluding hydrogens is 366 g/mol. The Morgan fingerprint density at radius 3 is 0.545 bits per heavy atom. The molecule has 0 aliphatic heterocycles. The van der Waals surface area contributed by atoms with Gasteiger partial charge in [0.2, 0.25) is 0 Å². The molecular formula is C6AlF9O6. The van der Waals surface area contributed by atoms with Gasteiger partial charge < -0.3 is 29.7 Å². The molecule has 0 rings (SSSR count). The van der Waals surface area contributed by atoms with Gasteiger partial charge in [0.25, 0.3) is 0 Å². The summed E-state index contributed by atoms with van der Waals surface area (Å²) in [5, 5.41) is 26.4. The van der Waals surface area contributed by atoms with Gasteiger partial charge in [-0.2, -0.15) is 39.5 Å². The van der Waals surface area contributed by atoms with E-state index in [1.54, 1.807) is 0 Å². The van der Waals surface area contributed by atoms with Gasteiger partial charge in [0.15, 0.2) is 0 Å². The topological polar surface area (TPSA) is 120 Å². The number of hydrogen-bond acceptors (Lipinski definition) is 6. The molecule has 0 aromatic carbocycles. The molecule has 0 aromatic rings. The maximum absolute atomic E-state index is 10.5. The summed E-state index contributed by atoms with van der Waals surface area (Å²) >= 11 is 0. The van der Waals surface area contributed by atoms with Crippen molar-refractivity contribution >= 4 is 35.3 Å². The van der Waals surface area contributed by atoms with Crippen LogP contribution in [0.3, 0.4) is 0 Å². The quantitative estimate of drug-likeness (QED) is 0.346. The Bertz CT molecular complexity index is 313. The number of carbonyl (C=O) groups excluding carboxylic acids is 3. The number of carboxylic acid groups (broad SMARTS) is 3. The van der Waals surface area contributed by atoms with Crippen molar-refractivity contribution in [3.05, 3.63) is 0 Å². The molecule has 126 valence electrons. The van der Waals surface area contributed by atoms with Gasteiger partial charge in [0.05, 0.1) is 0 Å². The van der Waals surface area contributed by atoms with Crippen LogP contribution in [0.1, 0.15) is 0 Å². The summed E-state index contributed by atoms with van der Waals surface area (Å²) in [6.45, 7) is 0. The fourth-order valence-electron chi connectivity index (χ4n) is 0. The summed E-state index contributed by atoms with van der Waals surface area (Å²) in [6.07, 6.45) is -15.6. The third-order valence-electron chi connectivity index (χ3n) is 0.694. The minimum atomic E-state index is -5.19. The van der Waals surface area contributed by atoms with Crippen LogP contribution in [0.15, 0.2) is 0 Å². The van der Waals surface area contributed by atoms with E-state index in [9.17, 15) is 39.5 Å². The van der Waals surface area contributed by atoms with Crippen LogP contribution >= 0.6 is 0 Å². The van der Waals surface area contributed by atoms with Crippen molar-refractivity contribution in [3.63, 3.8) is 0 Å². The molecule has 0 aromatic heterocycles. The predicted octanol–water partition coefficient (Wildman–Crippen LogP) is -2.49. The normalized spacial score (nSPS) is 10.8. The van der Waals surface area contributed by atoms with E-state index in [2.05, 4.69) is 0 Å². The van der Waals surface area contributed by atoms with E-state index in [-0.39, 0.29) is 17.4 Å². The zero-order chi connectivity index (χ0) is 18.2. The van der Waals surface area contributed by atoms with Gasteiger partial charge in [-0.15, -0.1) is 0 Å². The second-order valence-corrected chi connectivity index (χ2v) is 2.36. The van der Waals surface area contributed by atoms with Crippen LogP contribution < -0.4 is 15.3 Å². The molecule has 0 amide bonds. The second kappa shape index (κ2) is 10.1. The van der Waals surface area contributed by atoms with Crippen LogP contribution in [0.2, 0.25) is 0 Å². The Hall–Kier alpha value is -1.69. The number of hydrogen-bond donors (Lipinski definition) is 0. The van der Waals surface area contributed by atoms with Gasteiger partial charge in [0, 0.05) is 0 Å². The van der Waals surface area contributed by atoms with Crippen molar-refractivity contribution in [1.82, 2.24) is 0 Å². The van der Waals surface area contributed by atoms with E-state index in [0.717, 1.165) is 0 Å². The number of aliphatic carboxylic acids is 3. The molecule has 0 spiro atoms. The van der Waals surface area contributed by atoms with Crippen molar-refractivity contribution in [1.29, 1.82) is 0 Å². The van der Waals surface area contributed by atoms with E-state index in [1.165, 1.54) is 0 Å². The Morgan fingerprint density at radius 2 is 0.545 bits per heavy atom. The molecule has 22 heavy (non-hydrogen) atoms. The van der Waals surface area contributed by atoms with E-state index in [0.29, 0.717) is 0 Å². The van der Waals surface area contributed by atoms with Crippen LogP contribution in [0.25, 0.3) is 0 Å². The van der Waals surface area contributed by atoms with Gasteiger partial charge in [-0.25, -0.2) is 0 Å². The van der Waals surface area contributed by atoms with Crippen LogP contribution in [0.5, 0.6) is 0 Å². The van der Waals surface area contributed by atoms with Crippen molar-refractivity contribution in [2.75, 3.05) is 0 Å². The van der Waals surface area contributed by atoms with Crippen molar-refractivity contribution in [2.45, 2.75) is 18.5 Å². The fraction of sp³-hybridized carbons (Fsp3) is 0.500. The summed E-state index contributed by atoms with van der Waals surface area (Å²) in [4.78, 5) is 26.4. The van der Waals surface area contributed by atoms with Gasteiger partial charge >= 0.3 is 35.9 Å². The van der Waals surface area contributed by atoms with Crippen molar-refractivity contribution in [3.8, 4) is 0 Å². The number of rotatable bonds is 0. The Balaban J connectivity index is -0.000000108. The van der Waals surface area contributed by atoms with E-state index < -0.39 is 36.4 Å². The third-order valence-corrected chi connectivity index (χ3v) is 0.694. The summed E-state index contributed by atoms with van der Waals surface area (Å²) in [7, 11) is 0. The van der Waals surface area contributed by atoms with Gasteiger partial charge in [-0.3, -0.25) is 0 Å². The molecule has 0 atom stereocenters. The first kappa shape index (κ1) is 28.5. The Morgan fingerprint density at radius 1 is 0.500 bits per heavy atom. The summed E-state index contributed by atoms with van der Waals surface area (Å²) in [6, 6.07) is 0. The van der Waals surface area contributed by atoms with Crippen molar-refractivity contribution in [2.24, 2.45) is 0 Å². The van der Waals surface area contributed by atoms with Crippen LogP contribution in [0, 0.1) is 0 Å². The molecule has 0 saturated heterocycles. The number of alkyl halides is 9. The zero-order valence-corrected chi connectivity index (χ0v) is 10.6. The molecule has 0 radical (unpaired) electrons. The minimum Gasteiger partial charge on any atom is -0.542 e. The maximum atomic E-state index is 10.5. The average molecular weight is 366 g/mol. The van der Waals surface area contributed by atoms with Crippen molar-refractivity contribution < 1.29 is 69.2 Å². The minimum absolute atomic E-state index is 0. The Labute approximate surface area is 124 Å². The maximum Gasteiger partial charge on any atom is 3.00 e. The molecule has 0 heterocycles. The van der Waals surface area contributed by atoms with E-state index in [1.807, 2.05) is 0 Å². The number of carbonyl (C=O) groups is 3. The molecule has 0 aliphatic carbocycles. The zero-order valence-electron chi connectivity index (χ0n) is 9.43. The molecule has 6 nitrogen and oxygen atoms in total. The molecule has 0 bridgehead atoms. The molecule has 0 fully saturated rings. The van der Waals surface area contributed by atoms with Crippen LogP contribution in [0.4, 0.5) is 39.5 Å². The largest absolute Gasteiger partial charge is 3.00 e. The number of carboxylic acids is 3. The van der Waals surface area contributed by atoms with E-state index in [4.69, 9.17) is 29.7 Å². The monoisotopic (exact) mass is 366 g/mol. The first-order chi connectivity index (χ1) is 8.83. The first-order valence-electron chi connectivity index (χ1n) is 3.68. The summed E-state index contributed by atoms with van der Waals surface area (Å²) in [5.74, 6) is -9.02. The first-order valence-corrected chi connectivity index (χ1v) is 3.68. The fourth-order valence-corrected chi connectivity index (χ4v) is 0. The standard InChI is InChI=1S/3C2HF3O2.Al/c3*3-2(4,5)1(6)7;/h3*(H,6,7);/q;;;+3/p-3. The summed E-state index contributed by atoms with van der Waals surface area (Å²) < 4.78 is 94.6. The molecule has 0 unspecified atom stereocenters. The summed E-state index contributed by atoms with van der Waals surface area (Å²) in [5.41, 5.74) is 0. The second-order valence-electron chi connectivity index (χ2n) is 2.36.